The molecule has 0 radical (unpaired) electrons. The van der Waals surface area contributed by atoms with Crippen LogP contribution in [0.15, 0.2) is 103 Å². The largest absolute Gasteiger partial charge is 0.457 e. The van der Waals surface area contributed by atoms with E-state index in [0.717, 1.165) is 0 Å². The van der Waals surface area contributed by atoms with Crippen LogP contribution in [0.1, 0.15) is 28.7 Å². The maximum Gasteiger partial charge on any atom is 0.319 e. The van der Waals surface area contributed by atoms with E-state index in [1.165, 1.54) is 0 Å². The van der Waals surface area contributed by atoms with Crippen molar-refractivity contribution in [3.63, 3.8) is 0 Å². The molecule has 0 fully saturated rings. The monoisotopic (exact) mass is 487 g/mol. The standard InChI is InChI=1S/C28H19Cl2NO3/c29-22-13-9-19(10-14-22)27(20-11-15-23(30)16-12-20)28(32)34-26(18-31)21-5-4-8-25(17-21)33-24-6-2-1-3-7-24/h1-17,26-27H. The summed E-state index contributed by atoms with van der Waals surface area (Å²) in [5.74, 6) is -0.123. The Morgan fingerprint density at radius 3 is 1.82 bits per heavy atom. The highest BCUT2D eigenvalue weighted by Crippen LogP contribution is 2.32. The Balaban J connectivity index is 1.60. The van der Waals surface area contributed by atoms with Crippen molar-refractivity contribution < 1.29 is 14.3 Å². The molecule has 4 aromatic rings. The van der Waals surface area contributed by atoms with E-state index in [9.17, 15) is 10.1 Å². The molecule has 0 N–H and O–H groups in total. The van der Waals surface area contributed by atoms with Gasteiger partial charge in [-0.2, -0.15) is 5.26 Å². The number of ether oxygens (including phenoxy) is 2. The molecular formula is C28H19Cl2NO3. The zero-order valence-electron chi connectivity index (χ0n) is 17.9. The minimum absolute atomic E-state index is 0.509. The molecule has 4 nitrogen and oxygen atoms in total. The van der Waals surface area contributed by atoms with Crippen molar-refractivity contribution in [2.24, 2.45) is 0 Å². The first kappa shape index (κ1) is 23.4. The van der Waals surface area contributed by atoms with E-state index in [0.29, 0.717) is 38.2 Å². The molecule has 1 unspecified atom stereocenters. The molecular weight excluding hydrogens is 469 g/mol. The molecule has 0 aliphatic rings. The molecule has 1 atom stereocenters. The summed E-state index contributed by atoms with van der Waals surface area (Å²) in [5, 5.41) is 10.9. The van der Waals surface area contributed by atoms with E-state index in [4.69, 9.17) is 32.7 Å². The van der Waals surface area contributed by atoms with E-state index in [1.807, 2.05) is 30.3 Å². The van der Waals surface area contributed by atoms with Gasteiger partial charge >= 0.3 is 5.97 Å². The van der Waals surface area contributed by atoms with Gasteiger partial charge in [-0.1, -0.05) is 77.8 Å². The summed E-state index contributed by atoms with van der Waals surface area (Å²) in [4.78, 5) is 13.4. The highest BCUT2D eigenvalue weighted by Gasteiger charge is 2.28. The van der Waals surface area contributed by atoms with Gasteiger partial charge in [0.2, 0.25) is 6.10 Å². The molecule has 168 valence electrons. The van der Waals surface area contributed by atoms with Crippen molar-refractivity contribution in [1.82, 2.24) is 0 Å². The third-order valence-electron chi connectivity index (χ3n) is 5.13. The summed E-state index contributed by atoms with van der Waals surface area (Å²) < 4.78 is 11.6. The van der Waals surface area contributed by atoms with Crippen LogP contribution < -0.4 is 4.74 Å². The minimum Gasteiger partial charge on any atom is -0.457 e. The number of hydrogen-bond acceptors (Lipinski definition) is 4. The average molecular weight is 488 g/mol. The average Bonchev–Trinajstić information content (AvgIpc) is 2.86. The zero-order chi connectivity index (χ0) is 23.9. The number of hydrogen-bond donors (Lipinski definition) is 0. The second-order valence-corrected chi connectivity index (χ2v) is 8.34. The normalized spacial score (nSPS) is 11.5. The second kappa shape index (κ2) is 10.9. The van der Waals surface area contributed by atoms with Crippen LogP contribution in [-0.4, -0.2) is 5.97 Å². The van der Waals surface area contributed by atoms with E-state index in [1.54, 1.807) is 72.8 Å². The highest BCUT2D eigenvalue weighted by molar-refractivity contribution is 6.30. The van der Waals surface area contributed by atoms with Crippen LogP contribution in [0.2, 0.25) is 10.0 Å². The van der Waals surface area contributed by atoms with Crippen molar-refractivity contribution in [3.05, 3.63) is 130 Å². The zero-order valence-corrected chi connectivity index (χ0v) is 19.4. The first-order valence-electron chi connectivity index (χ1n) is 10.5. The smallest absolute Gasteiger partial charge is 0.319 e. The first-order chi connectivity index (χ1) is 16.5. The van der Waals surface area contributed by atoms with Gasteiger partial charge in [0, 0.05) is 15.6 Å². The Kier molecular flexibility index (Phi) is 7.49. The lowest BCUT2D eigenvalue weighted by atomic mass is 9.91. The molecule has 0 saturated carbocycles. The van der Waals surface area contributed by atoms with Crippen LogP contribution in [0.5, 0.6) is 11.5 Å². The Morgan fingerprint density at radius 1 is 0.706 bits per heavy atom. The van der Waals surface area contributed by atoms with Crippen LogP contribution in [0.4, 0.5) is 0 Å². The van der Waals surface area contributed by atoms with Gasteiger partial charge < -0.3 is 9.47 Å². The number of para-hydroxylation sites is 1. The van der Waals surface area contributed by atoms with Crippen molar-refractivity contribution in [2.75, 3.05) is 0 Å². The predicted octanol–water partition coefficient (Wildman–Crippen LogP) is 7.73. The number of carbonyl (C=O) groups is 1. The molecule has 0 aliphatic heterocycles. The molecule has 0 bridgehead atoms. The summed E-state index contributed by atoms with van der Waals surface area (Å²) in [6.07, 6.45) is -1.12. The number of halogens is 2. The Bertz CT molecular complexity index is 1250. The van der Waals surface area contributed by atoms with E-state index >= 15 is 0 Å². The Morgan fingerprint density at radius 2 is 1.26 bits per heavy atom. The first-order valence-corrected chi connectivity index (χ1v) is 11.2. The number of benzene rings is 4. The molecule has 0 amide bonds. The van der Waals surface area contributed by atoms with Gasteiger partial charge in [-0.05, 0) is 59.7 Å². The molecule has 0 heterocycles. The van der Waals surface area contributed by atoms with Crippen molar-refractivity contribution >= 4 is 29.2 Å². The third kappa shape index (κ3) is 5.77. The summed E-state index contributed by atoms with van der Waals surface area (Å²) in [5.41, 5.74) is 1.89. The summed E-state index contributed by atoms with van der Waals surface area (Å²) >= 11 is 12.1. The van der Waals surface area contributed by atoms with Crippen LogP contribution >= 0.6 is 23.2 Å². The van der Waals surface area contributed by atoms with Crippen LogP contribution in [0, 0.1) is 11.3 Å². The van der Waals surface area contributed by atoms with Crippen molar-refractivity contribution in [1.29, 1.82) is 5.26 Å². The van der Waals surface area contributed by atoms with Crippen molar-refractivity contribution in [3.8, 4) is 17.6 Å². The van der Waals surface area contributed by atoms with Gasteiger partial charge in [-0.15, -0.1) is 0 Å². The molecule has 0 spiro atoms. The number of esters is 1. The van der Waals surface area contributed by atoms with Gasteiger partial charge in [0.05, 0.1) is 0 Å². The van der Waals surface area contributed by atoms with Crippen LogP contribution in [0.25, 0.3) is 0 Å². The number of nitrogens with zero attached hydrogens (tertiary/aromatic N) is 1. The maximum atomic E-state index is 13.4. The van der Waals surface area contributed by atoms with Crippen LogP contribution in [-0.2, 0) is 9.53 Å². The molecule has 0 saturated heterocycles. The van der Waals surface area contributed by atoms with Gasteiger partial charge in [-0.25, -0.2) is 0 Å². The highest BCUT2D eigenvalue weighted by atomic mass is 35.5. The predicted molar refractivity (Wildman–Crippen MR) is 132 cm³/mol. The topological polar surface area (TPSA) is 59.3 Å². The summed E-state index contributed by atoms with van der Waals surface area (Å²) in [6.45, 7) is 0. The molecule has 34 heavy (non-hydrogen) atoms. The lowest BCUT2D eigenvalue weighted by Gasteiger charge is -2.20. The fourth-order valence-corrected chi connectivity index (χ4v) is 3.75. The lowest BCUT2D eigenvalue weighted by molar-refractivity contribution is -0.147. The summed E-state index contributed by atoms with van der Waals surface area (Å²) in [7, 11) is 0. The lowest BCUT2D eigenvalue weighted by Crippen LogP contribution is -2.19. The number of carbonyl (C=O) groups excluding carboxylic acids is 1. The molecule has 4 rings (SSSR count). The molecule has 6 heteroatoms. The number of nitriles is 1. The third-order valence-corrected chi connectivity index (χ3v) is 5.64. The second-order valence-electron chi connectivity index (χ2n) is 7.47. The fourth-order valence-electron chi connectivity index (χ4n) is 3.49. The van der Waals surface area contributed by atoms with Gasteiger partial charge in [0.1, 0.15) is 23.5 Å². The minimum atomic E-state index is -1.12. The number of rotatable bonds is 7. The van der Waals surface area contributed by atoms with Crippen LogP contribution in [0.3, 0.4) is 0 Å². The quantitative estimate of drug-likeness (QED) is 0.250. The molecule has 0 aliphatic carbocycles. The molecule has 4 aromatic carbocycles. The SMILES string of the molecule is N#CC(OC(=O)C(c1ccc(Cl)cc1)c1ccc(Cl)cc1)c1cccc(Oc2ccccc2)c1. The Hall–Kier alpha value is -3.78. The van der Waals surface area contributed by atoms with E-state index < -0.39 is 18.0 Å². The molecule has 0 aromatic heterocycles. The van der Waals surface area contributed by atoms with E-state index in [-0.39, 0.29) is 0 Å². The summed E-state index contributed by atoms with van der Waals surface area (Å²) in [6, 6.07) is 32.2. The van der Waals surface area contributed by atoms with Gasteiger partial charge in [-0.3, -0.25) is 4.79 Å². The van der Waals surface area contributed by atoms with Gasteiger partial charge in [0.25, 0.3) is 0 Å². The van der Waals surface area contributed by atoms with Crippen molar-refractivity contribution in [2.45, 2.75) is 12.0 Å². The Labute approximate surface area is 207 Å². The maximum absolute atomic E-state index is 13.4. The van der Waals surface area contributed by atoms with Gasteiger partial charge in [0.15, 0.2) is 0 Å². The fraction of sp³-hybridized carbons (Fsp3) is 0.0714. The van der Waals surface area contributed by atoms with E-state index in [2.05, 4.69) is 6.07 Å².